The van der Waals surface area contributed by atoms with Crippen LogP contribution in [0, 0.1) is 0 Å². The summed E-state index contributed by atoms with van der Waals surface area (Å²) in [5.74, 6) is -0.423. The van der Waals surface area contributed by atoms with Crippen LogP contribution in [0.5, 0.6) is 0 Å². The Morgan fingerprint density at radius 1 is 1.50 bits per heavy atom. The van der Waals surface area contributed by atoms with Crippen molar-refractivity contribution in [1.29, 1.82) is 0 Å². The molecule has 1 rings (SSSR count). The van der Waals surface area contributed by atoms with Crippen molar-refractivity contribution < 1.29 is 9.90 Å². The van der Waals surface area contributed by atoms with Crippen LogP contribution in [0.1, 0.15) is 36.4 Å². The quantitative estimate of drug-likeness (QED) is 0.722. The van der Waals surface area contributed by atoms with Crippen LogP contribution in [0.25, 0.3) is 0 Å². The molecule has 0 fully saturated rings. The van der Waals surface area contributed by atoms with Crippen molar-refractivity contribution in [3.63, 3.8) is 0 Å². The number of aromatic nitrogens is 2. The zero-order chi connectivity index (χ0) is 9.35. The summed E-state index contributed by atoms with van der Waals surface area (Å²) in [6.07, 6.45) is 0. The predicted octanol–water partition coefficient (Wildman–Crippen LogP) is 1.53. The molecule has 1 N–H and O–H groups in total. The Hall–Kier alpha value is -0.970. The first-order valence-corrected chi connectivity index (χ1v) is 4.26. The lowest BCUT2D eigenvalue weighted by molar-refractivity contribution is 0.0696. The van der Waals surface area contributed by atoms with E-state index >= 15 is 0 Å². The third kappa shape index (κ3) is 1.79. The van der Waals surface area contributed by atoms with Crippen LogP contribution in [0.4, 0.5) is 0 Å². The average molecular weight is 186 g/mol. The maximum absolute atomic E-state index is 10.4. The second-order valence-electron chi connectivity index (χ2n) is 3.48. The highest BCUT2D eigenvalue weighted by molar-refractivity contribution is 7.07. The van der Waals surface area contributed by atoms with Crippen molar-refractivity contribution in [3.05, 3.63) is 10.8 Å². The lowest BCUT2D eigenvalue weighted by atomic mass is 9.96. The molecule has 5 heteroatoms. The van der Waals surface area contributed by atoms with Crippen molar-refractivity contribution >= 4 is 17.5 Å². The summed E-state index contributed by atoms with van der Waals surface area (Å²) in [6, 6.07) is 0. The van der Waals surface area contributed by atoms with E-state index in [0.717, 1.165) is 11.5 Å². The minimum absolute atomic E-state index is 0.0555. The van der Waals surface area contributed by atoms with Crippen LogP contribution in [-0.4, -0.2) is 20.4 Å². The van der Waals surface area contributed by atoms with Crippen molar-refractivity contribution in [2.24, 2.45) is 0 Å². The number of hydrogen-bond acceptors (Lipinski definition) is 4. The van der Waals surface area contributed by atoms with E-state index in [0.29, 0.717) is 5.82 Å². The summed E-state index contributed by atoms with van der Waals surface area (Å²) in [6.45, 7) is 5.84. The van der Waals surface area contributed by atoms with Crippen LogP contribution in [-0.2, 0) is 5.41 Å². The molecule has 66 valence electrons. The molecule has 0 saturated carbocycles. The van der Waals surface area contributed by atoms with Crippen molar-refractivity contribution in [2.75, 3.05) is 0 Å². The monoisotopic (exact) mass is 186 g/mol. The van der Waals surface area contributed by atoms with Gasteiger partial charge in [0, 0.05) is 5.41 Å². The summed E-state index contributed by atoms with van der Waals surface area (Å²) in [5, 5.41) is 8.63. The number of aromatic carboxylic acids is 1. The summed E-state index contributed by atoms with van der Waals surface area (Å²) >= 11 is 0.924. The fourth-order valence-corrected chi connectivity index (χ4v) is 1.31. The molecular formula is C7H10N2O2S. The first-order chi connectivity index (χ1) is 5.41. The predicted molar refractivity (Wildman–Crippen MR) is 45.6 cm³/mol. The molecule has 0 amide bonds. The smallest absolute Gasteiger partial charge is 0.366 e. The van der Waals surface area contributed by atoms with Gasteiger partial charge in [-0.1, -0.05) is 20.8 Å². The summed E-state index contributed by atoms with van der Waals surface area (Å²) < 4.78 is 3.96. The molecule has 0 unspecified atom stereocenters. The molecule has 12 heavy (non-hydrogen) atoms. The molecule has 0 aliphatic heterocycles. The third-order valence-corrected chi connectivity index (χ3v) is 1.98. The average Bonchev–Trinajstić information content (AvgIpc) is 2.30. The topological polar surface area (TPSA) is 63.1 Å². The molecule has 1 aromatic heterocycles. The molecule has 0 saturated heterocycles. The highest BCUT2D eigenvalue weighted by Gasteiger charge is 2.21. The Bertz CT molecular complexity index is 301. The highest BCUT2D eigenvalue weighted by atomic mass is 32.1. The molecule has 0 aromatic carbocycles. The van der Waals surface area contributed by atoms with E-state index in [1.807, 2.05) is 20.8 Å². The van der Waals surface area contributed by atoms with E-state index in [1.54, 1.807) is 0 Å². The first-order valence-electron chi connectivity index (χ1n) is 3.49. The molecular weight excluding hydrogens is 176 g/mol. The van der Waals surface area contributed by atoms with Gasteiger partial charge in [-0.2, -0.15) is 4.37 Å². The van der Waals surface area contributed by atoms with Gasteiger partial charge in [0.05, 0.1) is 0 Å². The van der Waals surface area contributed by atoms with E-state index in [1.165, 1.54) is 0 Å². The largest absolute Gasteiger partial charge is 0.476 e. The first kappa shape index (κ1) is 9.12. The van der Waals surface area contributed by atoms with E-state index in [9.17, 15) is 4.79 Å². The van der Waals surface area contributed by atoms with Gasteiger partial charge in [-0.05, 0) is 11.5 Å². The maximum Gasteiger partial charge on any atom is 0.366 e. The SMILES string of the molecule is CC(C)(C)c1nsc(C(=O)O)n1. The number of nitrogens with zero attached hydrogens (tertiary/aromatic N) is 2. The van der Waals surface area contributed by atoms with Gasteiger partial charge in [-0.25, -0.2) is 9.78 Å². The molecule has 0 aliphatic carbocycles. The Kier molecular flexibility index (Phi) is 2.14. The Labute approximate surface area is 74.4 Å². The zero-order valence-electron chi connectivity index (χ0n) is 7.16. The molecule has 0 bridgehead atoms. The van der Waals surface area contributed by atoms with Crippen LogP contribution in [0.3, 0.4) is 0 Å². The normalized spacial score (nSPS) is 11.6. The minimum atomic E-state index is -1.01. The lowest BCUT2D eigenvalue weighted by Crippen LogP contribution is -2.13. The van der Waals surface area contributed by atoms with Crippen LogP contribution in [0.15, 0.2) is 0 Å². The standard InChI is InChI=1S/C7H10N2O2S/c1-7(2,3)6-8-4(5(10)11)12-9-6/h1-3H3,(H,10,11). The number of rotatable bonds is 1. The second kappa shape index (κ2) is 2.82. The lowest BCUT2D eigenvalue weighted by Gasteiger charge is -2.11. The fourth-order valence-electron chi connectivity index (χ4n) is 0.615. The van der Waals surface area contributed by atoms with Crippen LogP contribution in [0.2, 0.25) is 0 Å². The number of carboxylic acid groups (broad SMARTS) is 1. The van der Waals surface area contributed by atoms with E-state index in [2.05, 4.69) is 9.36 Å². The van der Waals surface area contributed by atoms with Gasteiger partial charge in [0.25, 0.3) is 0 Å². The fraction of sp³-hybridized carbons (Fsp3) is 0.571. The molecule has 1 heterocycles. The van der Waals surface area contributed by atoms with Gasteiger partial charge in [0.15, 0.2) is 0 Å². The molecule has 4 nitrogen and oxygen atoms in total. The molecule has 0 spiro atoms. The summed E-state index contributed by atoms with van der Waals surface area (Å²) in [7, 11) is 0. The van der Waals surface area contributed by atoms with Crippen molar-refractivity contribution in [1.82, 2.24) is 9.36 Å². The molecule has 1 aromatic rings. The number of carboxylic acids is 1. The highest BCUT2D eigenvalue weighted by Crippen LogP contribution is 2.20. The Balaban J connectivity index is 3.00. The van der Waals surface area contributed by atoms with Gasteiger partial charge in [-0.3, -0.25) is 0 Å². The molecule has 0 aliphatic rings. The van der Waals surface area contributed by atoms with Gasteiger partial charge in [-0.15, -0.1) is 0 Å². The maximum atomic E-state index is 10.4. The molecule has 0 radical (unpaired) electrons. The minimum Gasteiger partial charge on any atom is -0.476 e. The summed E-state index contributed by atoms with van der Waals surface area (Å²) in [5.41, 5.74) is -0.176. The van der Waals surface area contributed by atoms with Crippen molar-refractivity contribution in [2.45, 2.75) is 26.2 Å². The zero-order valence-corrected chi connectivity index (χ0v) is 7.97. The van der Waals surface area contributed by atoms with Gasteiger partial charge >= 0.3 is 5.97 Å². The van der Waals surface area contributed by atoms with E-state index < -0.39 is 5.97 Å². The number of carbonyl (C=O) groups is 1. The number of hydrogen-bond donors (Lipinski definition) is 1. The van der Waals surface area contributed by atoms with E-state index in [-0.39, 0.29) is 10.4 Å². The van der Waals surface area contributed by atoms with Crippen LogP contribution < -0.4 is 0 Å². The van der Waals surface area contributed by atoms with Gasteiger partial charge in [0.1, 0.15) is 5.82 Å². The Morgan fingerprint density at radius 2 is 2.08 bits per heavy atom. The summed E-state index contributed by atoms with van der Waals surface area (Å²) in [4.78, 5) is 14.3. The van der Waals surface area contributed by atoms with Gasteiger partial charge < -0.3 is 5.11 Å². The van der Waals surface area contributed by atoms with Crippen molar-refractivity contribution in [3.8, 4) is 0 Å². The van der Waals surface area contributed by atoms with Crippen LogP contribution >= 0.6 is 11.5 Å². The molecule has 0 atom stereocenters. The van der Waals surface area contributed by atoms with Gasteiger partial charge in [0.2, 0.25) is 5.01 Å². The third-order valence-electron chi connectivity index (χ3n) is 1.28. The van der Waals surface area contributed by atoms with E-state index in [4.69, 9.17) is 5.11 Å². The second-order valence-corrected chi connectivity index (χ2v) is 4.23. The Morgan fingerprint density at radius 3 is 2.33 bits per heavy atom.